The van der Waals surface area contributed by atoms with Crippen LogP contribution in [0.3, 0.4) is 0 Å². The van der Waals surface area contributed by atoms with E-state index >= 15 is 0 Å². The summed E-state index contributed by atoms with van der Waals surface area (Å²) in [6, 6.07) is 3.11. The van der Waals surface area contributed by atoms with Gasteiger partial charge in [-0.05, 0) is 12.1 Å². The fraction of sp³-hybridized carbons (Fsp3) is 0.353. The number of thiophene rings is 1. The van der Waals surface area contributed by atoms with Crippen LogP contribution in [0.1, 0.15) is 47.8 Å². The molecule has 0 saturated heterocycles. The monoisotopic (exact) mass is 418 g/mol. The predicted octanol–water partition coefficient (Wildman–Crippen LogP) is 5.61. The molecule has 0 saturated carbocycles. The van der Waals surface area contributed by atoms with E-state index in [1.54, 1.807) is 0 Å². The number of carbonyl (C=O) groups is 1. The Balaban J connectivity index is 1.79. The molecule has 0 aliphatic heterocycles. The Labute approximate surface area is 161 Å². The molecule has 0 aliphatic carbocycles. The van der Waals surface area contributed by atoms with E-state index in [2.05, 4.69) is 10.2 Å². The number of hydrogen-bond acceptors (Lipinski definition) is 6. The maximum absolute atomic E-state index is 12.8. The van der Waals surface area contributed by atoms with Gasteiger partial charge in [-0.1, -0.05) is 38.4 Å². The average Bonchev–Trinajstić information content (AvgIpc) is 3.16. The number of benzene rings is 1. The molecule has 10 heteroatoms. The van der Waals surface area contributed by atoms with Crippen LogP contribution in [-0.4, -0.2) is 16.2 Å². The van der Waals surface area contributed by atoms with Gasteiger partial charge in [0, 0.05) is 15.5 Å². The number of nitrogens with zero attached hydrogens (tertiary/aromatic N) is 2. The summed E-state index contributed by atoms with van der Waals surface area (Å²) in [5, 5.41) is 8.10. The lowest BCUT2D eigenvalue weighted by Gasteiger charge is -2.10. The molecular weight excluding hydrogens is 405 g/mol. The van der Waals surface area contributed by atoms with Crippen LogP contribution in [0.25, 0.3) is 10.1 Å². The molecule has 0 bridgehead atoms. The lowest BCUT2D eigenvalue weighted by Crippen LogP contribution is -2.11. The van der Waals surface area contributed by atoms with Crippen molar-refractivity contribution in [1.29, 1.82) is 0 Å². The molecule has 2 heterocycles. The first kappa shape index (κ1) is 19.6. The zero-order valence-electron chi connectivity index (χ0n) is 14.5. The van der Waals surface area contributed by atoms with E-state index in [0.717, 1.165) is 23.5 Å². The van der Waals surface area contributed by atoms with Crippen molar-refractivity contribution in [3.63, 3.8) is 0 Å². The van der Waals surface area contributed by atoms with Gasteiger partial charge in [-0.3, -0.25) is 0 Å². The largest absolute Gasteiger partial charge is 0.451 e. The third-order valence-electron chi connectivity index (χ3n) is 3.58. The molecule has 3 aromatic rings. The number of rotatable bonds is 3. The molecule has 3 rings (SSSR count). The fourth-order valence-corrected chi connectivity index (χ4v) is 3.62. The third kappa shape index (κ3) is 4.08. The normalized spacial score (nSPS) is 12.6. The molecular formula is C17H14ClF3N2O3S. The lowest BCUT2D eigenvalue weighted by atomic mass is 9.97. The van der Waals surface area contributed by atoms with Crippen molar-refractivity contribution < 1.29 is 27.1 Å². The van der Waals surface area contributed by atoms with Crippen molar-refractivity contribution in [2.24, 2.45) is 0 Å². The molecule has 0 N–H and O–H groups in total. The Hall–Kier alpha value is -2.13. The van der Waals surface area contributed by atoms with E-state index in [4.69, 9.17) is 20.8 Å². The van der Waals surface area contributed by atoms with Crippen LogP contribution in [0.2, 0.25) is 5.02 Å². The van der Waals surface area contributed by atoms with Crippen LogP contribution in [0.15, 0.2) is 22.6 Å². The van der Waals surface area contributed by atoms with Crippen molar-refractivity contribution in [3.05, 3.63) is 45.4 Å². The molecule has 0 aliphatic rings. The van der Waals surface area contributed by atoms with Crippen LogP contribution < -0.4 is 0 Å². The highest BCUT2D eigenvalue weighted by atomic mass is 35.5. The van der Waals surface area contributed by atoms with Gasteiger partial charge >= 0.3 is 12.1 Å². The summed E-state index contributed by atoms with van der Waals surface area (Å²) in [5.74, 6) is -0.261. The van der Waals surface area contributed by atoms with Gasteiger partial charge < -0.3 is 9.15 Å². The first-order valence-corrected chi connectivity index (χ1v) is 8.95. The number of hydrogen-bond donors (Lipinski definition) is 0. The number of fused-ring (bicyclic) bond motifs is 1. The van der Waals surface area contributed by atoms with Crippen LogP contribution in [-0.2, 0) is 22.9 Å². The molecule has 2 aromatic heterocycles. The summed E-state index contributed by atoms with van der Waals surface area (Å²) >= 11 is 6.97. The highest BCUT2D eigenvalue weighted by Gasteiger charge is 2.31. The topological polar surface area (TPSA) is 65.2 Å². The van der Waals surface area contributed by atoms with Crippen molar-refractivity contribution in [2.75, 3.05) is 0 Å². The zero-order valence-corrected chi connectivity index (χ0v) is 16.1. The van der Waals surface area contributed by atoms with Crippen molar-refractivity contribution >= 4 is 39.0 Å². The van der Waals surface area contributed by atoms with Gasteiger partial charge in [0.25, 0.3) is 5.89 Å². The minimum atomic E-state index is -4.48. The molecule has 0 spiro atoms. The molecule has 1 aromatic carbocycles. The molecule has 5 nitrogen and oxygen atoms in total. The zero-order chi connectivity index (χ0) is 20.0. The Morgan fingerprint density at radius 2 is 1.96 bits per heavy atom. The Morgan fingerprint density at radius 1 is 1.26 bits per heavy atom. The second-order valence-corrected chi connectivity index (χ2v) is 8.21. The van der Waals surface area contributed by atoms with Gasteiger partial charge in [0.2, 0.25) is 5.89 Å². The van der Waals surface area contributed by atoms with Crippen LogP contribution >= 0.6 is 22.9 Å². The van der Waals surface area contributed by atoms with Crippen molar-refractivity contribution in [3.8, 4) is 0 Å². The van der Waals surface area contributed by atoms with Crippen LogP contribution in [0.4, 0.5) is 13.2 Å². The maximum Gasteiger partial charge on any atom is 0.416 e. The first-order chi connectivity index (χ1) is 12.5. The Bertz CT molecular complexity index is 1010. The maximum atomic E-state index is 12.8. The van der Waals surface area contributed by atoms with Crippen LogP contribution in [0, 0.1) is 0 Å². The minimum absolute atomic E-state index is 0.0153. The Morgan fingerprint density at radius 3 is 2.56 bits per heavy atom. The predicted molar refractivity (Wildman–Crippen MR) is 94.0 cm³/mol. The number of esters is 1. The van der Waals surface area contributed by atoms with Gasteiger partial charge in [0.15, 0.2) is 6.61 Å². The molecule has 144 valence electrons. The molecule has 0 fully saturated rings. The van der Waals surface area contributed by atoms with Gasteiger partial charge in [-0.2, -0.15) is 13.2 Å². The van der Waals surface area contributed by atoms with Crippen LogP contribution in [0.5, 0.6) is 0 Å². The molecule has 0 atom stereocenters. The smallest absolute Gasteiger partial charge is 0.416 e. The summed E-state index contributed by atoms with van der Waals surface area (Å²) < 4.78 is 49.3. The van der Waals surface area contributed by atoms with E-state index < -0.39 is 17.7 Å². The van der Waals surface area contributed by atoms with Gasteiger partial charge in [-0.25, -0.2) is 4.79 Å². The summed E-state index contributed by atoms with van der Waals surface area (Å²) in [6.45, 7) is 5.41. The van der Waals surface area contributed by atoms with E-state index in [1.165, 1.54) is 6.07 Å². The standard InChI is InChI=1S/C17H14ClF3N2O3S/c1-16(2,3)15-23-22-11(26-15)7-25-14(24)13-12(18)9-5-4-8(17(19,20)21)6-10(9)27-13/h4-6H,7H2,1-3H3. The average molecular weight is 419 g/mol. The highest BCUT2D eigenvalue weighted by molar-refractivity contribution is 7.21. The third-order valence-corrected chi connectivity index (χ3v) is 5.21. The van der Waals surface area contributed by atoms with Crippen molar-refractivity contribution in [1.82, 2.24) is 10.2 Å². The fourth-order valence-electron chi connectivity index (χ4n) is 2.18. The Kier molecular flexibility index (Phi) is 4.94. The summed E-state index contributed by atoms with van der Waals surface area (Å²) in [5.41, 5.74) is -1.16. The molecule has 27 heavy (non-hydrogen) atoms. The van der Waals surface area contributed by atoms with Gasteiger partial charge in [0.05, 0.1) is 10.6 Å². The first-order valence-electron chi connectivity index (χ1n) is 7.76. The highest BCUT2D eigenvalue weighted by Crippen LogP contribution is 2.39. The SMILES string of the molecule is CC(C)(C)c1nnc(COC(=O)c2sc3cc(C(F)(F)F)ccc3c2Cl)o1. The number of carbonyl (C=O) groups excluding carboxylic acids is 1. The number of ether oxygens (including phenoxy) is 1. The van der Waals surface area contributed by atoms with Gasteiger partial charge in [-0.15, -0.1) is 21.5 Å². The molecule has 0 unspecified atom stereocenters. The summed E-state index contributed by atoms with van der Waals surface area (Å²) in [6.07, 6.45) is -4.48. The second kappa shape index (κ2) is 6.79. The minimum Gasteiger partial charge on any atom is -0.451 e. The van der Waals surface area contributed by atoms with E-state index in [0.29, 0.717) is 11.3 Å². The second-order valence-electron chi connectivity index (χ2n) is 6.78. The van der Waals surface area contributed by atoms with E-state index in [9.17, 15) is 18.0 Å². The number of halogens is 4. The van der Waals surface area contributed by atoms with Gasteiger partial charge in [0.1, 0.15) is 4.88 Å². The number of alkyl halides is 3. The summed E-state index contributed by atoms with van der Waals surface area (Å²) in [7, 11) is 0. The van der Waals surface area contributed by atoms with E-state index in [-0.39, 0.29) is 32.5 Å². The van der Waals surface area contributed by atoms with Crippen molar-refractivity contribution in [2.45, 2.75) is 39.0 Å². The quantitative estimate of drug-likeness (QED) is 0.517. The van der Waals surface area contributed by atoms with E-state index in [1.807, 2.05) is 20.8 Å². The lowest BCUT2D eigenvalue weighted by molar-refractivity contribution is -0.137. The number of aromatic nitrogens is 2. The molecule has 0 radical (unpaired) electrons. The summed E-state index contributed by atoms with van der Waals surface area (Å²) in [4.78, 5) is 12.3. The molecule has 0 amide bonds.